The van der Waals surface area contributed by atoms with Crippen LogP contribution in [0.2, 0.25) is 0 Å². The van der Waals surface area contributed by atoms with Crippen molar-refractivity contribution in [1.82, 2.24) is 20.2 Å². The molecule has 2 aliphatic heterocycles. The van der Waals surface area contributed by atoms with E-state index in [2.05, 4.69) is 20.6 Å². The van der Waals surface area contributed by atoms with Crippen LogP contribution in [-0.4, -0.2) is 47.0 Å². The highest BCUT2D eigenvalue weighted by molar-refractivity contribution is 5.78. The lowest BCUT2D eigenvalue weighted by Crippen LogP contribution is -2.30. The fourth-order valence-electron chi connectivity index (χ4n) is 2.81. The van der Waals surface area contributed by atoms with Crippen molar-refractivity contribution in [2.75, 3.05) is 31.5 Å². The SMILES string of the molecule is O=C1CCCN1CCNc1cnc(C2CCCN2)cn1. The predicted molar refractivity (Wildman–Crippen MR) is 76.3 cm³/mol. The molecule has 1 unspecified atom stereocenters. The minimum Gasteiger partial charge on any atom is -0.367 e. The van der Waals surface area contributed by atoms with Gasteiger partial charge in [-0.1, -0.05) is 0 Å². The highest BCUT2D eigenvalue weighted by Gasteiger charge is 2.19. The van der Waals surface area contributed by atoms with Crippen LogP contribution < -0.4 is 10.6 Å². The highest BCUT2D eigenvalue weighted by atomic mass is 16.2. The molecule has 1 aromatic heterocycles. The minimum atomic E-state index is 0.264. The second kappa shape index (κ2) is 6.17. The molecule has 2 fully saturated rings. The number of likely N-dealkylation sites (tertiary alicyclic amines) is 1. The van der Waals surface area contributed by atoms with Crippen LogP contribution in [-0.2, 0) is 4.79 Å². The molecule has 0 spiro atoms. The smallest absolute Gasteiger partial charge is 0.222 e. The van der Waals surface area contributed by atoms with Gasteiger partial charge in [0.25, 0.3) is 0 Å². The van der Waals surface area contributed by atoms with Crippen LogP contribution in [0.1, 0.15) is 37.4 Å². The summed E-state index contributed by atoms with van der Waals surface area (Å²) in [5.41, 5.74) is 1.02. The van der Waals surface area contributed by atoms with Crippen LogP contribution in [0.15, 0.2) is 12.4 Å². The Kier molecular flexibility index (Phi) is 4.11. The summed E-state index contributed by atoms with van der Waals surface area (Å²) in [5, 5.41) is 6.63. The van der Waals surface area contributed by atoms with Gasteiger partial charge in [0, 0.05) is 26.1 Å². The molecule has 2 N–H and O–H groups in total. The molecule has 3 rings (SSSR count). The molecular formula is C14H21N5O. The average molecular weight is 275 g/mol. The molecule has 1 aromatic rings. The Balaban J connectivity index is 1.47. The van der Waals surface area contributed by atoms with E-state index in [0.29, 0.717) is 12.5 Å². The van der Waals surface area contributed by atoms with Crippen molar-refractivity contribution in [1.29, 1.82) is 0 Å². The number of nitrogens with one attached hydrogen (secondary N) is 2. The summed E-state index contributed by atoms with van der Waals surface area (Å²) in [5.74, 6) is 1.04. The third kappa shape index (κ3) is 3.07. The molecule has 2 aliphatic rings. The van der Waals surface area contributed by atoms with E-state index in [1.807, 2.05) is 11.1 Å². The second-order valence-electron chi connectivity index (χ2n) is 5.39. The minimum absolute atomic E-state index is 0.264. The predicted octanol–water partition coefficient (Wildman–Crippen LogP) is 0.935. The van der Waals surface area contributed by atoms with Crippen LogP contribution in [0, 0.1) is 0 Å². The monoisotopic (exact) mass is 275 g/mol. The Labute approximate surface area is 119 Å². The van der Waals surface area contributed by atoms with Crippen LogP contribution in [0.5, 0.6) is 0 Å². The fourth-order valence-corrected chi connectivity index (χ4v) is 2.81. The van der Waals surface area contributed by atoms with Gasteiger partial charge in [-0.2, -0.15) is 0 Å². The summed E-state index contributed by atoms with van der Waals surface area (Å²) in [6.07, 6.45) is 7.65. The van der Waals surface area contributed by atoms with Gasteiger partial charge in [-0.15, -0.1) is 0 Å². The van der Waals surface area contributed by atoms with Crippen molar-refractivity contribution in [3.63, 3.8) is 0 Å². The van der Waals surface area contributed by atoms with E-state index in [9.17, 15) is 4.79 Å². The van der Waals surface area contributed by atoms with Crippen molar-refractivity contribution >= 4 is 11.7 Å². The van der Waals surface area contributed by atoms with Gasteiger partial charge in [-0.3, -0.25) is 9.78 Å². The highest BCUT2D eigenvalue weighted by Crippen LogP contribution is 2.20. The molecule has 0 aromatic carbocycles. The Bertz CT molecular complexity index is 455. The molecule has 0 aliphatic carbocycles. The molecule has 1 atom stereocenters. The van der Waals surface area contributed by atoms with Crippen LogP contribution in [0.25, 0.3) is 0 Å². The van der Waals surface area contributed by atoms with E-state index in [0.717, 1.165) is 50.5 Å². The van der Waals surface area contributed by atoms with Crippen LogP contribution >= 0.6 is 0 Å². The van der Waals surface area contributed by atoms with E-state index >= 15 is 0 Å². The number of rotatable bonds is 5. The van der Waals surface area contributed by atoms with Crippen LogP contribution in [0.3, 0.4) is 0 Å². The second-order valence-corrected chi connectivity index (χ2v) is 5.39. The number of amides is 1. The summed E-state index contributed by atoms with van der Waals surface area (Å²) in [4.78, 5) is 22.2. The maximum atomic E-state index is 11.5. The maximum Gasteiger partial charge on any atom is 0.222 e. The standard InChI is InChI=1S/C14H21N5O/c20-14-4-2-7-19(14)8-6-16-13-10-17-12(9-18-13)11-3-1-5-15-11/h9-11,15H,1-8H2,(H,16,18). The van der Waals surface area contributed by atoms with Gasteiger partial charge >= 0.3 is 0 Å². The molecular weight excluding hydrogens is 254 g/mol. The number of hydrogen-bond donors (Lipinski definition) is 2. The number of carbonyl (C=O) groups excluding carboxylic acids is 1. The first-order valence-electron chi connectivity index (χ1n) is 7.40. The molecule has 3 heterocycles. The molecule has 0 saturated carbocycles. The number of anilines is 1. The first kappa shape index (κ1) is 13.3. The lowest BCUT2D eigenvalue weighted by molar-refractivity contribution is -0.127. The van der Waals surface area contributed by atoms with E-state index in [4.69, 9.17) is 0 Å². The van der Waals surface area contributed by atoms with Crippen LogP contribution in [0.4, 0.5) is 5.82 Å². The van der Waals surface area contributed by atoms with Crippen molar-refractivity contribution in [2.45, 2.75) is 31.7 Å². The van der Waals surface area contributed by atoms with E-state index in [1.165, 1.54) is 6.42 Å². The molecule has 2 saturated heterocycles. The lowest BCUT2D eigenvalue weighted by atomic mass is 10.2. The molecule has 6 heteroatoms. The molecule has 108 valence electrons. The van der Waals surface area contributed by atoms with E-state index < -0.39 is 0 Å². The molecule has 20 heavy (non-hydrogen) atoms. The third-order valence-corrected chi connectivity index (χ3v) is 3.95. The zero-order valence-electron chi connectivity index (χ0n) is 11.6. The van der Waals surface area contributed by atoms with Crippen molar-refractivity contribution in [3.8, 4) is 0 Å². The molecule has 0 radical (unpaired) electrons. The van der Waals surface area contributed by atoms with Gasteiger partial charge in [0.1, 0.15) is 5.82 Å². The van der Waals surface area contributed by atoms with Crippen molar-refractivity contribution in [2.24, 2.45) is 0 Å². The summed E-state index contributed by atoms with van der Waals surface area (Å²) < 4.78 is 0. The number of hydrogen-bond acceptors (Lipinski definition) is 5. The van der Waals surface area contributed by atoms with E-state index in [1.54, 1.807) is 6.20 Å². The summed E-state index contributed by atoms with van der Waals surface area (Å²) in [6, 6.07) is 0.360. The number of nitrogens with zero attached hydrogens (tertiary/aromatic N) is 3. The third-order valence-electron chi connectivity index (χ3n) is 3.95. The molecule has 1 amide bonds. The maximum absolute atomic E-state index is 11.5. The first-order chi connectivity index (χ1) is 9.83. The number of aromatic nitrogens is 2. The number of carbonyl (C=O) groups is 1. The van der Waals surface area contributed by atoms with E-state index in [-0.39, 0.29) is 5.91 Å². The van der Waals surface area contributed by atoms with Gasteiger partial charge < -0.3 is 15.5 Å². The summed E-state index contributed by atoms with van der Waals surface area (Å²) in [6.45, 7) is 3.42. The normalized spacial score (nSPS) is 22.5. The lowest BCUT2D eigenvalue weighted by Gasteiger charge is -2.16. The topological polar surface area (TPSA) is 70.2 Å². The van der Waals surface area contributed by atoms with Crippen molar-refractivity contribution < 1.29 is 4.79 Å². The van der Waals surface area contributed by atoms with Gasteiger partial charge in [-0.05, 0) is 25.8 Å². The zero-order valence-corrected chi connectivity index (χ0v) is 11.6. The van der Waals surface area contributed by atoms with Gasteiger partial charge in [0.15, 0.2) is 0 Å². The Hall–Kier alpha value is -1.69. The average Bonchev–Trinajstić information content (AvgIpc) is 3.12. The quantitative estimate of drug-likeness (QED) is 0.837. The van der Waals surface area contributed by atoms with Gasteiger partial charge in [-0.25, -0.2) is 4.98 Å². The zero-order chi connectivity index (χ0) is 13.8. The fraction of sp³-hybridized carbons (Fsp3) is 0.643. The Morgan fingerprint density at radius 3 is 2.95 bits per heavy atom. The molecule has 0 bridgehead atoms. The summed E-state index contributed by atoms with van der Waals surface area (Å²) in [7, 11) is 0. The van der Waals surface area contributed by atoms with Crippen molar-refractivity contribution in [3.05, 3.63) is 18.1 Å². The summed E-state index contributed by atoms with van der Waals surface area (Å²) >= 11 is 0. The van der Waals surface area contributed by atoms with Gasteiger partial charge in [0.05, 0.1) is 24.1 Å². The van der Waals surface area contributed by atoms with Gasteiger partial charge in [0.2, 0.25) is 5.91 Å². The Morgan fingerprint density at radius 1 is 1.35 bits per heavy atom. The largest absolute Gasteiger partial charge is 0.367 e. The first-order valence-corrected chi connectivity index (χ1v) is 7.40. The Morgan fingerprint density at radius 2 is 2.30 bits per heavy atom. The molecule has 6 nitrogen and oxygen atoms in total.